The van der Waals surface area contributed by atoms with Crippen molar-refractivity contribution in [2.75, 3.05) is 7.11 Å². The maximum atomic E-state index is 13.0. The lowest BCUT2D eigenvalue weighted by Crippen LogP contribution is -2.23. The van der Waals surface area contributed by atoms with E-state index in [2.05, 4.69) is 10.4 Å². The lowest BCUT2D eigenvalue weighted by Gasteiger charge is -2.09. The topological polar surface area (TPSA) is 69.3 Å². The third kappa shape index (κ3) is 3.91. The minimum absolute atomic E-state index is 0.234. The number of amides is 1. The predicted molar refractivity (Wildman–Crippen MR) is 110 cm³/mol. The summed E-state index contributed by atoms with van der Waals surface area (Å²) in [5.41, 5.74) is 2.70. The van der Waals surface area contributed by atoms with Crippen molar-refractivity contribution in [3.05, 3.63) is 89.8 Å². The number of rotatable bonds is 6. The van der Waals surface area contributed by atoms with Gasteiger partial charge in [0.15, 0.2) is 5.76 Å². The number of carbonyl (C=O) groups is 1. The maximum absolute atomic E-state index is 13.0. The van der Waals surface area contributed by atoms with Gasteiger partial charge in [0, 0.05) is 18.3 Å². The summed E-state index contributed by atoms with van der Waals surface area (Å²) in [7, 11) is 1.61. The number of hydrogen-bond acceptors (Lipinski definition) is 4. The summed E-state index contributed by atoms with van der Waals surface area (Å²) in [6, 6.07) is 20.9. The molecule has 0 bridgehead atoms. The molecular weight excluding hydrogens is 366 g/mol. The first-order valence-corrected chi connectivity index (χ1v) is 9.27. The molecule has 146 valence electrons. The Bertz CT molecular complexity index is 1130. The van der Waals surface area contributed by atoms with Crippen LogP contribution in [0.25, 0.3) is 17.1 Å². The fraction of sp³-hybridized carbons (Fsp3) is 0.130. The molecule has 2 aromatic heterocycles. The summed E-state index contributed by atoms with van der Waals surface area (Å²) in [6.07, 6.45) is 1.72. The van der Waals surface area contributed by atoms with Crippen LogP contribution >= 0.6 is 0 Å². The molecule has 29 heavy (non-hydrogen) atoms. The summed E-state index contributed by atoms with van der Waals surface area (Å²) in [5, 5.41) is 7.57. The molecule has 4 aromatic rings. The van der Waals surface area contributed by atoms with Crippen LogP contribution in [0.15, 0.2) is 77.3 Å². The Hall–Kier alpha value is -3.80. The lowest BCUT2D eigenvalue weighted by molar-refractivity contribution is 0.0951. The molecule has 1 amide bonds. The van der Waals surface area contributed by atoms with E-state index in [1.165, 1.54) is 0 Å². The predicted octanol–water partition coefficient (Wildman–Crippen LogP) is 4.38. The molecule has 0 atom stereocenters. The monoisotopic (exact) mass is 387 g/mol. The van der Waals surface area contributed by atoms with Crippen molar-refractivity contribution in [2.24, 2.45) is 0 Å². The number of aromatic nitrogens is 2. The maximum Gasteiger partial charge on any atom is 0.255 e. The summed E-state index contributed by atoms with van der Waals surface area (Å²) in [6.45, 7) is 2.20. The smallest absolute Gasteiger partial charge is 0.255 e. The Balaban J connectivity index is 1.66. The SMILES string of the molecule is COc1ccccc1CNC(=O)c1cn(-c2ccccc2)nc1-c1ccc(C)o1. The summed E-state index contributed by atoms with van der Waals surface area (Å²) in [4.78, 5) is 13.0. The fourth-order valence-corrected chi connectivity index (χ4v) is 3.12. The van der Waals surface area contributed by atoms with Gasteiger partial charge in [0.1, 0.15) is 17.2 Å². The van der Waals surface area contributed by atoms with Crippen molar-refractivity contribution in [3.63, 3.8) is 0 Å². The lowest BCUT2D eigenvalue weighted by atomic mass is 10.1. The van der Waals surface area contributed by atoms with Gasteiger partial charge >= 0.3 is 0 Å². The molecule has 0 saturated carbocycles. The molecule has 0 fully saturated rings. The van der Waals surface area contributed by atoms with E-state index in [1.807, 2.05) is 73.7 Å². The van der Waals surface area contributed by atoms with Gasteiger partial charge in [0.25, 0.3) is 5.91 Å². The third-order valence-electron chi connectivity index (χ3n) is 4.59. The van der Waals surface area contributed by atoms with E-state index in [0.29, 0.717) is 23.6 Å². The highest BCUT2D eigenvalue weighted by Gasteiger charge is 2.21. The van der Waals surface area contributed by atoms with Crippen molar-refractivity contribution in [1.82, 2.24) is 15.1 Å². The van der Waals surface area contributed by atoms with Crippen LogP contribution in [0.4, 0.5) is 0 Å². The molecule has 0 unspecified atom stereocenters. The molecule has 0 radical (unpaired) electrons. The van der Waals surface area contributed by atoms with Crippen LogP contribution in [-0.2, 0) is 6.54 Å². The van der Waals surface area contributed by atoms with Crippen molar-refractivity contribution in [2.45, 2.75) is 13.5 Å². The van der Waals surface area contributed by atoms with Crippen LogP contribution in [-0.4, -0.2) is 22.8 Å². The molecule has 0 aliphatic rings. The average molecular weight is 387 g/mol. The Kier molecular flexibility index (Phi) is 5.16. The van der Waals surface area contributed by atoms with E-state index in [4.69, 9.17) is 9.15 Å². The zero-order valence-electron chi connectivity index (χ0n) is 16.3. The number of methoxy groups -OCH3 is 1. The summed E-state index contributed by atoms with van der Waals surface area (Å²) in [5.74, 6) is 1.81. The minimum atomic E-state index is -0.234. The van der Waals surface area contributed by atoms with E-state index in [1.54, 1.807) is 18.0 Å². The molecule has 1 N–H and O–H groups in total. The molecule has 0 aliphatic carbocycles. The van der Waals surface area contributed by atoms with Crippen molar-refractivity contribution < 1.29 is 13.9 Å². The van der Waals surface area contributed by atoms with Gasteiger partial charge in [-0.05, 0) is 37.3 Å². The first-order valence-electron chi connectivity index (χ1n) is 9.27. The normalized spacial score (nSPS) is 10.7. The van der Waals surface area contributed by atoms with E-state index in [-0.39, 0.29) is 5.91 Å². The molecular formula is C23H21N3O3. The fourth-order valence-electron chi connectivity index (χ4n) is 3.12. The average Bonchev–Trinajstić information content (AvgIpc) is 3.39. The summed E-state index contributed by atoms with van der Waals surface area (Å²) >= 11 is 0. The molecule has 2 aromatic carbocycles. The minimum Gasteiger partial charge on any atom is -0.496 e. The number of hydrogen-bond donors (Lipinski definition) is 1. The number of benzene rings is 2. The Morgan fingerprint density at radius 1 is 1.07 bits per heavy atom. The Morgan fingerprint density at radius 3 is 2.55 bits per heavy atom. The number of furan rings is 1. The third-order valence-corrected chi connectivity index (χ3v) is 4.59. The summed E-state index contributed by atoms with van der Waals surface area (Å²) < 4.78 is 12.8. The number of ether oxygens (including phenoxy) is 1. The van der Waals surface area contributed by atoms with Crippen LogP contribution in [0.2, 0.25) is 0 Å². The van der Waals surface area contributed by atoms with Gasteiger partial charge in [-0.3, -0.25) is 4.79 Å². The molecule has 2 heterocycles. The van der Waals surface area contributed by atoms with Gasteiger partial charge in [-0.25, -0.2) is 4.68 Å². The second kappa shape index (κ2) is 8.06. The molecule has 0 spiro atoms. The highest BCUT2D eigenvalue weighted by atomic mass is 16.5. The van der Waals surface area contributed by atoms with Gasteiger partial charge in [-0.1, -0.05) is 36.4 Å². The Morgan fingerprint density at radius 2 is 1.83 bits per heavy atom. The first kappa shape index (κ1) is 18.6. The second-order valence-corrected chi connectivity index (χ2v) is 6.58. The van der Waals surface area contributed by atoms with Crippen LogP contribution in [0, 0.1) is 6.92 Å². The van der Waals surface area contributed by atoms with Gasteiger partial charge in [-0.2, -0.15) is 5.10 Å². The molecule has 0 aliphatic heterocycles. The number of nitrogens with one attached hydrogen (secondary N) is 1. The van der Waals surface area contributed by atoms with E-state index in [0.717, 1.165) is 22.8 Å². The number of carbonyl (C=O) groups excluding carboxylic acids is 1. The highest BCUT2D eigenvalue weighted by molar-refractivity contribution is 5.99. The van der Waals surface area contributed by atoms with Crippen molar-refractivity contribution in [1.29, 1.82) is 0 Å². The van der Waals surface area contributed by atoms with Crippen LogP contribution in [0.3, 0.4) is 0 Å². The van der Waals surface area contributed by atoms with Crippen LogP contribution in [0.1, 0.15) is 21.7 Å². The number of aryl methyl sites for hydroxylation is 1. The van der Waals surface area contributed by atoms with Gasteiger partial charge in [0.2, 0.25) is 0 Å². The standard InChI is InChI=1S/C23H21N3O3/c1-16-12-13-21(29-16)22-19(15-26(25-22)18-9-4-3-5-10-18)23(27)24-14-17-8-6-7-11-20(17)28-2/h3-13,15H,14H2,1-2H3,(H,24,27). The highest BCUT2D eigenvalue weighted by Crippen LogP contribution is 2.26. The van der Waals surface area contributed by atoms with Gasteiger partial charge < -0.3 is 14.5 Å². The number of para-hydroxylation sites is 2. The Labute approximate surface area is 168 Å². The zero-order chi connectivity index (χ0) is 20.2. The van der Waals surface area contributed by atoms with Crippen LogP contribution in [0.5, 0.6) is 5.75 Å². The van der Waals surface area contributed by atoms with Crippen LogP contribution < -0.4 is 10.1 Å². The van der Waals surface area contributed by atoms with Gasteiger partial charge in [-0.15, -0.1) is 0 Å². The quantitative estimate of drug-likeness (QED) is 0.533. The van der Waals surface area contributed by atoms with Crippen molar-refractivity contribution >= 4 is 5.91 Å². The molecule has 4 rings (SSSR count). The second-order valence-electron chi connectivity index (χ2n) is 6.58. The molecule has 6 nitrogen and oxygen atoms in total. The largest absolute Gasteiger partial charge is 0.496 e. The zero-order valence-corrected chi connectivity index (χ0v) is 16.3. The first-order chi connectivity index (χ1) is 14.2. The van der Waals surface area contributed by atoms with E-state index in [9.17, 15) is 4.79 Å². The van der Waals surface area contributed by atoms with E-state index >= 15 is 0 Å². The van der Waals surface area contributed by atoms with E-state index < -0.39 is 0 Å². The molecule has 0 saturated heterocycles. The molecule has 6 heteroatoms. The number of nitrogens with zero attached hydrogens (tertiary/aromatic N) is 2. The van der Waals surface area contributed by atoms with Gasteiger partial charge in [0.05, 0.1) is 18.4 Å². The van der Waals surface area contributed by atoms with Crippen molar-refractivity contribution in [3.8, 4) is 22.9 Å².